The lowest BCUT2D eigenvalue weighted by Crippen LogP contribution is -2.23. The van der Waals surface area contributed by atoms with Gasteiger partial charge in [-0.2, -0.15) is 0 Å². The van der Waals surface area contributed by atoms with E-state index in [-0.39, 0.29) is 11.4 Å². The van der Waals surface area contributed by atoms with E-state index in [0.29, 0.717) is 15.2 Å². The van der Waals surface area contributed by atoms with Crippen molar-refractivity contribution in [2.75, 3.05) is 7.05 Å². The summed E-state index contributed by atoms with van der Waals surface area (Å²) in [4.78, 5) is 11.9. The summed E-state index contributed by atoms with van der Waals surface area (Å²) in [5.41, 5.74) is 0.544. The number of benzene rings is 1. The van der Waals surface area contributed by atoms with Gasteiger partial charge in [-0.05, 0) is 45.8 Å². The number of aromatic nitrogens is 1. The molecule has 0 radical (unpaired) electrons. The van der Waals surface area contributed by atoms with Gasteiger partial charge in [0.25, 0.3) is 10.0 Å². The van der Waals surface area contributed by atoms with E-state index in [2.05, 4.69) is 15.9 Å². The molecule has 9 heteroatoms. The Morgan fingerprint density at radius 3 is 2.68 bits per heavy atom. The summed E-state index contributed by atoms with van der Waals surface area (Å²) in [6.45, 7) is 0.0754. The average Bonchev–Trinajstić information content (AvgIpc) is 2.80. The highest BCUT2D eigenvalue weighted by atomic mass is 79.9. The predicted molar refractivity (Wildman–Crippen MR) is 85.7 cm³/mol. The summed E-state index contributed by atoms with van der Waals surface area (Å²) in [7, 11) is -2.41. The Bertz CT molecular complexity index is 819. The number of carbonyl (C=O) groups is 1. The van der Waals surface area contributed by atoms with E-state index in [9.17, 15) is 13.2 Å². The van der Waals surface area contributed by atoms with Gasteiger partial charge in [0, 0.05) is 18.3 Å². The van der Waals surface area contributed by atoms with Crippen LogP contribution in [-0.2, 0) is 16.6 Å². The fourth-order valence-corrected chi connectivity index (χ4v) is 4.35. The smallest absolute Gasteiger partial charge is 0.407 e. The van der Waals surface area contributed by atoms with Crippen LogP contribution in [-0.4, -0.2) is 35.5 Å². The van der Waals surface area contributed by atoms with Gasteiger partial charge in [-0.25, -0.2) is 17.2 Å². The molecule has 6 nitrogen and oxygen atoms in total. The maximum Gasteiger partial charge on any atom is 0.407 e. The number of hydrogen-bond donors (Lipinski definition) is 1. The molecular formula is C13H12BrClN2O4S. The van der Waals surface area contributed by atoms with Crippen molar-refractivity contribution in [3.8, 4) is 0 Å². The summed E-state index contributed by atoms with van der Waals surface area (Å²) in [6.07, 6.45) is 0.279. The van der Waals surface area contributed by atoms with Gasteiger partial charge in [-0.1, -0.05) is 17.7 Å². The number of carboxylic acid groups (broad SMARTS) is 1. The van der Waals surface area contributed by atoms with Crippen LogP contribution in [0.4, 0.5) is 4.79 Å². The monoisotopic (exact) mass is 406 g/mol. The van der Waals surface area contributed by atoms with Gasteiger partial charge in [0.15, 0.2) is 0 Å². The van der Waals surface area contributed by atoms with E-state index < -0.39 is 16.1 Å². The fraction of sp³-hybridized carbons (Fsp3) is 0.154. The van der Waals surface area contributed by atoms with Crippen molar-refractivity contribution in [3.63, 3.8) is 0 Å². The first-order valence-corrected chi connectivity index (χ1v) is 8.65. The minimum absolute atomic E-state index is 0.0504. The summed E-state index contributed by atoms with van der Waals surface area (Å²) < 4.78 is 26.5. The first-order valence-electron chi connectivity index (χ1n) is 6.04. The van der Waals surface area contributed by atoms with Crippen molar-refractivity contribution in [2.24, 2.45) is 0 Å². The van der Waals surface area contributed by atoms with Crippen LogP contribution in [0.3, 0.4) is 0 Å². The molecule has 1 aromatic heterocycles. The van der Waals surface area contributed by atoms with E-state index in [1.807, 2.05) is 0 Å². The van der Waals surface area contributed by atoms with E-state index in [0.717, 1.165) is 8.87 Å². The molecule has 2 aromatic rings. The molecule has 0 unspecified atom stereocenters. The Balaban J connectivity index is 2.40. The first kappa shape index (κ1) is 16.9. The van der Waals surface area contributed by atoms with Crippen LogP contribution in [0.2, 0.25) is 5.02 Å². The molecule has 0 saturated heterocycles. The van der Waals surface area contributed by atoms with Crippen LogP contribution in [0.1, 0.15) is 5.56 Å². The Labute approximate surface area is 141 Å². The molecule has 0 fully saturated rings. The second kappa shape index (κ2) is 6.31. The van der Waals surface area contributed by atoms with Crippen LogP contribution in [0.5, 0.6) is 0 Å². The van der Waals surface area contributed by atoms with E-state index in [1.165, 1.54) is 25.4 Å². The topological polar surface area (TPSA) is 79.6 Å². The quantitative estimate of drug-likeness (QED) is 0.844. The summed E-state index contributed by atoms with van der Waals surface area (Å²) >= 11 is 9.01. The largest absolute Gasteiger partial charge is 0.465 e. The van der Waals surface area contributed by atoms with Crippen molar-refractivity contribution in [3.05, 3.63) is 51.7 Å². The molecule has 1 aromatic carbocycles. The van der Waals surface area contributed by atoms with E-state index >= 15 is 0 Å². The highest BCUT2D eigenvalue weighted by Crippen LogP contribution is 2.24. The third-order valence-electron chi connectivity index (χ3n) is 2.90. The van der Waals surface area contributed by atoms with Crippen LogP contribution >= 0.6 is 27.5 Å². The molecule has 0 atom stereocenters. The zero-order valence-corrected chi connectivity index (χ0v) is 14.6. The second-order valence-corrected chi connectivity index (χ2v) is 7.63. The molecule has 0 spiro atoms. The van der Waals surface area contributed by atoms with Gasteiger partial charge < -0.3 is 10.0 Å². The van der Waals surface area contributed by atoms with Gasteiger partial charge in [0.2, 0.25) is 0 Å². The Kier molecular flexibility index (Phi) is 4.84. The van der Waals surface area contributed by atoms with Crippen LogP contribution < -0.4 is 0 Å². The minimum Gasteiger partial charge on any atom is -0.465 e. The molecule has 1 amide bonds. The molecule has 0 aliphatic heterocycles. The zero-order valence-electron chi connectivity index (χ0n) is 11.4. The van der Waals surface area contributed by atoms with E-state index in [4.69, 9.17) is 16.7 Å². The van der Waals surface area contributed by atoms with Gasteiger partial charge in [-0.3, -0.25) is 0 Å². The lowest BCUT2D eigenvalue weighted by atomic mass is 10.3. The highest BCUT2D eigenvalue weighted by Gasteiger charge is 2.21. The molecule has 1 heterocycles. The summed E-state index contributed by atoms with van der Waals surface area (Å²) in [5, 5.41) is 9.18. The molecule has 2 rings (SSSR count). The molecule has 1 N–H and O–H groups in total. The first-order chi connectivity index (χ1) is 10.2. The standard InChI is InChI=1S/C13H12BrClN2O4S/c1-16(13(18)19)7-9-5-12(14)17(8-9)22(20,21)11-4-2-3-10(15)6-11/h2-6,8H,7H2,1H3,(H,18,19). The summed E-state index contributed by atoms with van der Waals surface area (Å²) in [5.74, 6) is 0. The van der Waals surface area contributed by atoms with Crippen molar-refractivity contribution < 1.29 is 18.3 Å². The molecule has 0 aliphatic carbocycles. The third-order valence-corrected chi connectivity index (χ3v) is 5.65. The van der Waals surface area contributed by atoms with Crippen molar-refractivity contribution in [1.29, 1.82) is 0 Å². The average molecular weight is 408 g/mol. The van der Waals surface area contributed by atoms with Gasteiger partial charge in [-0.15, -0.1) is 0 Å². The molecule has 0 aliphatic rings. The van der Waals surface area contributed by atoms with Crippen LogP contribution in [0, 0.1) is 0 Å². The Morgan fingerprint density at radius 1 is 1.41 bits per heavy atom. The number of hydrogen-bond acceptors (Lipinski definition) is 3. The van der Waals surface area contributed by atoms with Crippen molar-refractivity contribution >= 4 is 43.6 Å². The van der Waals surface area contributed by atoms with Crippen LogP contribution in [0.15, 0.2) is 46.0 Å². The van der Waals surface area contributed by atoms with Crippen molar-refractivity contribution in [2.45, 2.75) is 11.4 Å². The second-order valence-electron chi connectivity index (χ2n) is 4.57. The van der Waals surface area contributed by atoms with Gasteiger partial charge in [0.1, 0.15) is 4.60 Å². The number of rotatable bonds is 4. The van der Waals surface area contributed by atoms with Gasteiger partial charge in [0.05, 0.1) is 11.4 Å². The SMILES string of the molecule is CN(Cc1cc(Br)n(S(=O)(=O)c2cccc(Cl)c2)c1)C(=O)O. The van der Waals surface area contributed by atoms with Gasteiger partial charge >= 0.3 is 6.09 Å². The molecule has 0 bridgehead atoms. The van der Waals surface area contributed by atoms with E-state index in [1.54, 1.807) is 18.2 Å². The highest BCUT2D eigenvalue weighted by molar-refractivity contribution is 9.10. The zero-order chi connectivity index (χ0) is 16.5. The lowest BCUT2D eigenvalue weighted by Gasteiger charge is -2.11. The number of nitrogens with zero attached hydrogens (tertiary/aromatic N) is 2. The molecule has 22 heavy (non-hydrogen) atoms. The maximum absolute atomic E-state index is 12.6. The Morgan fingerprint density at radius 2 is 2.09 bits per heavy atom. The third kappa shape index (κ3) is 3.45. The van der Waals surface area contributed by atoms with Crippen molar-refractivity contribution in [1.82, 2.24) is 8.87 Å². The molecular weight excluding hydrogens is 396 g/mol. The summed E-state index contributed by atoms with van der Waals surface area (Å²) in [6, 6.07) is 7.48. The Hall–Kier alpha value is -1.51. The fourth-order valence-electron chi connectivity index (χ4n) is 1.82. The minimum atomic E-state index is -3.81. The molecule has 118 valence electrons. The number of amides is 1. The normalized spacial score (nSPS) is 11.4. The molecule has 0 saturated carbocycles. The lowest BCUT2D eigenvalue weighted by molar-refractivity contribution is 0.154. The number of halogens is 2. The maximum atomic E-state index is 12.6. The van der Waals surface area contributed by atoms with Crippen LogP contribution in [0.25, 0.3) is 0 Å². The predicted octanol–water partition coefficient (Wildman–Crippen LogP) is 3.25.